The second-order valence-corrected chi connectivity index (χ2v) is 4.00. The maximum Gasteiger partial charge on any atom is 0.405 e. The van der Waals surface area contributed by atoms with Crippen molar-refractivity contribution in [3.63, 3.8) is 0 Å². The Labute approximate surface area is 97.8 Å². The number of nitrogens with zero attached hydrogens (tertiary/aromatic N) is 1. The van der Waals surface area contributed by atoms with Gasteiger partial charge < -0.3 is 4.90 Å². The first-order valence-corrected chi connectivity index (χ1v) is 5.30. The average Bonchev–Trinajstić information content (AvgIpc) is 2.14. The summed E-state index contributed by atoms with van der Waals surface area (Å²) < 4.78 is 36.7. The lowest BCUT2D eigenvalue weighted by Gasteiger charge is -2.23. The van der Waals surface area contributed by atoms with E-state index < -0.39 is 12.7 Å². The molecule has 0 radical (unpaired) electrons. The van der Waals surface area contributed by atoms with Crippen molar-refractivity contribution in [1.29, 1.82) is 0 Å². The summed E-state index contributed by atoms with van der Waals surface area (Å²) in [5, 5.41) is 0. The molecule has 0 amide bonds. The second-order valence-electron chi connectivity index (χ2n) is 3.74. The fourth-order valence-electron chi connectivity index (χ4n) is 1.55. The minimum Gasteiger partial charge on any atom is -0.365 e. The first-order valence-electron chi connectivity index (χ1n) is 4.77. The minimum atomic E-state index is -4.21. The summed E-state index contributed by atoms with van der Waals surface area (Å²) in [4.78, 5) is 1.16. The molecule has 1 rings (SSSR count). The van der Waals surface area contributed by atoms with E-state index in [1.807, 2.05) is 6.92 Å². The highest BCUT2D eigenvalue weighted by Crippen LogP contribution is 2.26. The normalized spacial score (nSPS) is 11.6. The van der Waals surface area contributed by atoms with Gasteiger partial charge in [0.25, 0.3) is 0 Å². The third kappa shape index (κ3) is 3.59. The summed E-state index contributed by atoms with van der Waals surface area (Å²) in [6.07, 6.45) is -4.21. The molecule has 0 bridgehead atoms. The number of benzene rings is 1. The van der Waals surface area contributed by atoms with Gasteiger partial charge in [-0.25, -0.2) is 0 Å². The molecule has 5 heteroatoms. The van der Waals surface area contributed by atoms with E-state index in [9.17, 15) is 13.2 Å². The van der Waals surface area contributed by atoms with Crippen molar-refractivity contribution in [1.82, 2.24) is 0 Å². The maximum absolute atomic E-state index is 12.2. The van der Waals surface area contributed by atoms with Crippen molar-refractivity contribution in [2.75, 3.05) is 18.5 Å². The Kier molecular flexibility index (Phi) is 4.08. The van der Waals surface area contributed by atoms with Crippen molar-refractivity contribution in [2.24, 2.45) is 0 Å². The van der Waals surface area contributed by atoms with E-state index in [-0.39, 0.29) is 5.88 Å². The van der Waals surface area contributed by atoms with Crippen LogP contribution in [0.5, 0.6) is 0 Å². The first kappa shape index (κ1) is 13.2. The van der Waals surface area contributed by atoms with E-state index in [1.165, 1.54) is 7.05 Å². The standard InChI is InChI=1S/C11H13ClF3N/c1-8-3-4-10(9(5-8)6-12)16(2)7-11(13,14)15/h3-5H,6-7H2,1-2H3. The molecular formula is C11H13ClF3N. The monoisotopic (exact) mass is 251 g/mol. The number of hydrogen-bond acceptors (Lipinski definition) is 1. The summed E-state index contributed by atoms with van der Waals surface area (Å²) in [6.45, 7) is 0.906. The predicted molar refractivity (Wildman–Crippen MR) is 60.1 cm³/mol. The third-order valence-corrected chi connectivity index (χ3v) is 2.49. The van der Waals surface area contributed by atoms with Crippen LogP contribution in [0.15, 0.2) is 18.2 Å². The van der Waals surface area contributed by atoms with Gasteiger partial charge in [-0.15, -0.1) is 11.6 Å². The van der Waals surface area contributed by atoms with Crippen LogP contribution in [0.4, 0.5) is 18.9 Å². The molecule has 1 aromatic rings. The Morgan fingerprint density at radius 2 is 1.94 bits per heavy atom. The second kappa shape index (κ2) is 4.95. The number of anilines is 1. The summed E-state index contributed by atoms with van der Waals surface area (Å²) in [5.74, 6) is 0.208. The van der Waals surface area contributed by atoms with E-state index in [4.69, 9.17) is 11.6 Å². The van der Waals surface area contributed by atoms with Gasteiger partial charge in [0.05, 0.1) is 0 Å². The number of halogens is 4. The molecule has 0 aliphatic carbocycles. The fraction of sp³-hybridized carbons (Fsp3) is 0.455. The number of alkyl halides is 4. The van der Waals surface area contributed by atoms with Crippen molar-refractivity contribution < 1.29 is 13.2 Å². The Morgan fingerprint density at radius 1 is 1.31 bits per heavy atom. The van der Waals surface area contributed by atoms with E-state index >= 15 is 0 Å². The Hall–Kier alpha value is -0.900. The minimum absolute atomic E-state index is 0.208. The van der Waals surface area contributed by atoms with Crippen LogP contribution in [0.2, 0.25) is 0 Å². The van der Waals surface area contributed by atoms with Gasteiger partial charge in [-0.3, -0.25) is 0 Å². The number of hydrogen-bond donors (Lipinski definition) is 0. The van der Waals surface area contributed by atoms with Crippen LogP contribution in [0, 0.1) is 6.92 Å². The zero-order valence-corrected chi connectivity index (χ0v) is 9.86. The molecule has 0 aromatic heterocycles. The van der Waals surface area contributed by atoms with Crippen LogP contribution in [0.25, 0.3) is 0 Å². The molecule has 0 spiro atoms. The SMILES string of the molecule is Cc1ccc(N(C)CC(F)(F)F)c(CCl)c1. The lowest BCUT2D eigenvalue weighted by atomic mass is 10.1. The van der Waals surface area contributed by atoms with Crippen LogP contribution >= 0.6 is 11.6 Å². The Balaban J connectivity index is 2.94. The van der Waals surface area contributed by atoms with Gasteiger partial charge >= 0.3 is 6.18 Å². The summed E-state index contributed by atoms with van der Waals surface area (Å²) in [7, 11) is 1.41. The van der Waals surface area contributed by atoms with Crippen LogP contribution in [-0.4, -0.2) is 19.8 Å². The van der Waals surface area contributed by atoms with Crippen molar-refractivity contribution in [3.8, 4) is 0 Å². The molecule has 1 nitrogen and oxygen atoms in total. The first-order chi connectivity index (χ1) is 7.33. The quantitative estimate of drug-likeness (QED) is 0.740. The molecule has 90 valence electrons. The average molecular weight is 252 g/mol. The number of rotatable bonds is 3. The highest BCUT2D eigenvalue weighted by Gasteiger charge is 2.29. The molecule has 0 saturated carbocycles. The summed E-state index contributed by atoms with van der Waals surface area (Å²) in [5.41, 5.74) is 2.23. The van der Waals surface area contributed by atoms with Gasteiger partial charge in [0.1, 0.15) is 6.54 Å². The van der Waals surface area contributed by atoms with E-state index in [0.29, 0.717) is 11.3 Å². The largest absolute Gasteiger partial charge is 0.405 e. The van der Waals surface area contributed by atoms with Crippen molar-refractivity contribution in [2.45, 2.75) is 19.0 Å². The third-order valence-electron chi connectivity index (χ3n) is 2.21. The predicted octanol–water partition coefficient (Wildman–Crippen LogP) is 3.73. The lowest BCUT2D eigenvalue weighted by molar-refractivity contribution is -0.119. The van der Waals surface area contributed by atoms with Gasteiger partial charge in [-0.1, -0.05) is 17.7 Å². The molecule has 16 heavy (non-hydrogen) atoms. The van der Waals surface area contributed by atoms with Gasteiger partial charge in [0.2, 0.25) is 0 Å². The summed E-state index contributed by atoms with van der Waals surface area (Å²) >= 11 is 5.71. The molecule has 0 aliphatic heterocycles. The number of aryl methyl sites for hydroxylation is 1. The molecule has 0 aliphatic rings. The molecule has 0 N–H and O–H groups in total. The molecule has 0 unspecified atom stereocenters. The molecule has 0 saturated heterocycles. The highest BCUT2D eigenvalue weighted by atomic mass is 35.5. The highest BCUT2D eigenvalue weighted by molar-refractivity contribution is 6.17. The van der Waals surface area contributed by atoms with Crippen molar-refractivity contribution in [3.05, 3.63) is 29.3 Å². The molecular weight excluding hydrogens is 239 g/mol. The zero-order valence-electron chi connectivity index (χ0n) is 9.11. The Morgan fingerprint density at radius 3 is 2.44 bits per heavy atom. The van der Waals surface area contributed by atoms with Crippen LogP contribution < -0.4 is 4.90 Å². The van der Waals surface area contributed by atoms with Gasteiger partial charge in [0, 0.05) is 18.6 Å². The van der Waals surface area contributed by atoms with Crippen LogP contribution in [0.3, 0.4) is 0 Å². The van der Waals surface area contributed by atoms with Crippen LogP contribution in [0.1, 0.15) is 11.1 Å². The van der Waals surface area contributed by atoms with E-state index in [0.717, 1.165) is 10.5 Å². The smallest absolute Gasteiger partial charge is 0.365 e. The molecule has 0 fully saturated rings. The fourth-order valence-corrected chi connectivity index (χ4v) is 1.76. The van der Waals surface area contributed by atoms with E-state index in [2.05, 4.69) is 0 Å². The summed E-state index contributed by atoms with van der Waals surface area (Å²) in [6, 6.07) is 5.24. The topological polar surface area (TPSA) is 3.24 Å². The van der Waals surface area contributed by atoms with Crippen LogP contribution in [-0.2, 0) is 5.88 Å². The molecule has 0 atom stereocenters. The van der Waals surface area contributed by atoms with Gasteiger partial charge in [-0.05, 0) is 18.6 Å². The maximum atomic E-state index is 12.2. The van der Waals surface area contributed by atoms with Gasteiger partial charge in [0.15, 0.2) is 0 Å². The van der Waals surface area contributed by atoms with Gasteiger partial charge in [-0.2, -0.15) is 13.2 Å². The molecule has 1 aromatic carbocycles. The molecule has 0 heterocycles. The van der Waals surface area contributed by atoms with Crippen molar-refractivity contribution >= 4 is 17.3 Å². The lowest BCUT2D eigenvalue weighted by Crippen LogP contribution is -2.31. The Bertz CT molecular complexity index is 363. The van der Waals surface area contributed by atoms with E-state index in [1.54, 1.807) is 18.2 Å². The zero-order chi connectivity index (χ0) is 12.3.